The molecule has 0 aliphatic heterocycles. The van der Waals surface area contributed by atoms with Crippen LogP contribution in [-0.4, -0.2) is 25.6 Å². The number of aromatic nitrogens is 3. The van der Waals surface area contributed by atoms with E-state index in [-0.39, 0.29) is 18.1 Å². The second kappa shape index (κ2) is 8.75. The minimum absolute atomic E-state index is 0.0343. The van der Waals surface area contributed by atoms with Gasteiger partial charge in [-0.1, -0.05) is 12.1 Å². The van der Waals surface area contributed by atoms with Crippen molar-refractivity contribution >= 4 is 22.9 Å². The molecule has 3 aromatic heterocycles. The maximum absolute atomic E-state index is 12.5. The van der Waals surface area contributed by atoms with Crippen LogP contribution in [0.25, 0.3) is 11.5 Å². The molecule has 1 amide bonds. The zero-order chi connectivity index (χ0) is 22.8. The van der Waals surface area contributed by atoms with Crippen LogP contribution in [0.1, 0.15) is 38.1 Å². The number of amides is 1. The molecule has 10 heteroatoms. The van der Waals surface area contributed by atoms with Crippen LogP contribution in [0.2, 0.25) is 0 Å². The molecule has 0 radical (unpaired) electrons. The van der Waals surface area contributed by atoms with E-state index in [9.17, 15) is 14.9 Å². The first-order valence-corrected chi connectivity index (χ1v) is 10.8. The Morgan fingerprint density at radius 1 is 1.19 bits per heavy atom. The largest absolute Gasteiger partial charge is 0.458 e. The van der Waals surface area contributed by atoms with E-state index < -0.39 is 4.92 Å². The quantitative estimate of drug-likeness (QED) is 0.329. The maximum Gasteiger partial charge on any atom is 0.312 e. The predicted octanol–water partition coefficient (Wildman–Crippen LogP) is 4.41. The van der Waals surface area contributed by atoms with Gasteiger partial charge in [0, 0.05) is 10.9 Å². The Morgan fingerprint density at radius 3 is 2.56 bits per heavy atom. The molecule has 1 aromatic carbocycles. The molecule has 0 unspecified atom stereocenters. The van der Waals surface area contributed by atoms with E-state index >= 15 is 0 Å². The Labute approximate surface area is 187 Å². The molecule has 0 saturated heterocycles. The molecule has 0 spiro atoms. The lowest BCUT2D eigenvalue weighted by Crippen LogP contribution is -2.22. The van der Waals surface area contributed by atoms with Crippen LogP contribution in [0.4, 0.5) is 5.69 Å². The number of nitrogens with zero attached hydrogens (tertiary/aromatic N) is 4. The molecule has 0 aliphatic rings. The molecule has 0 bridgehead atoms. The van der Waals surface area contributed by atoms with Crippen molar-refractivity contribution in [2.24, 2.45) is 0 Å². The maximum atomic E-state index is 12.5. The SMILES string of the molecule is Cc1nc(-c2ccc(CNC(=O)c3ccc(Cn4nc(C)c([N+](=O)[O-])c4C)cc3)o2)cs1. The van der Waals surface area contributed by atoms with Gasteiger partial charge in [0.2, 0.25) is 0 Å². The van der Waals surface area contributed by atoms with Crippen LogP contribution in [0.3, 0.4) is 0 Å². The van der Waals surface area contributed by atoms with Gasteiger partial charge in [0.05, 0.1) is 23.0 Å². The molecule has 0 fully saturated rings. The highest BCUT2D eigenvalue weighted by molar-refractivity contribution is 7.09. The molecule has 0 atom stereocenters. The van der Waals surface area contributed by atoms with Crippen molar-refractivity contribution in [3.63, 3.8) is 0 Å². The third kappa shape index (κ3) is 4.45. The van der Waals surface area contributed by atoms with E-state index in [1.807, 2.05) is 36.6 Å². The number of rotatable bonds is 7. The summed E-state index contributed by atoms with van der Waals surface area (Å²) in [6.07, 6.45) is 0. The highest BCUT2D eigenvalue weighted by atomic mass is 32.1. The Hall–Kier alpha value is -3.79. The van der Waals surface area contributed by atoms with Gasteiger partial charge in [0.25, 0.3) is 5.91 Å². The predicted molar refractivity (Wildman–Crippen MR) is 120 cm³/mol. The number of thiazole rings is 1. The highest BCUT2D eigenvalue weighted by Gasteiger charge is 2.21. The molecular formula is C22H21N5O4S. The summed E-state index contributed by atoms with van der Waals surface area (Å²) in [5, 5.41) is 21.2. The molecule has 4 aromatic rings. The van der Waals surface area contributed by atoms with Crippen molar-refractivity contribution in [2.75, 3.05) is 0 Å². The minimum atomic E-state index is -0.415. The minimum Gasteiger partial charge on any atom is -0.458 e. The summed E-state index contributed by atoms with van der Waals surface area (Å²) in [6.45, 7) is 5.88. The van der Waals surface area contributed by atoms with Gasteiger partial charge in [-0.25, -0.2) is 4.98 Å². The Balaban J connectivity index is 1.37. The van der Waals surface area contributed by atoms with Crippen molar-refractivity contribution in [3.05, 3.63) is 85.2 Å². The van der Waals surface area contributed by atoms with E-state index in [2.05, 4.69) is 15.4 Å². The lowest BCUT2D eigenvalue weighted by atomic mass is 10.1. The van der Waals surface area contributed by atoms with Crippen molar-refractivity contribution in [2.45, 2.75) is 33.9 Å². The summed E-state index contributed by atoms with van der Waals surface area (Å²) < 4.78 is 7.36. The lowest BCUT2D eigenvalue weighted by Gasteiger charge is -2.07. The summed E-state index contributed by atoms with van der Waals surface area (Å²) in [5.41, 5.74) is 3.10. The molecule has 164 valence electrons. The molecule has 32 heavy (non-hydrogen) atoms. The first-order valence-electron chi connectivity index (χ1n) is 9.88. The van der Waals surface area contributed by atoms with E-state index in [1.54, 1.807) is 42.0 Å². The van der Waals surface area contributed by atoms with Gasteiger partial charge >= 0.3 is 5.69 Å². The van der Waals surface area contributed by atoms with Gasteiger partial charge in [0.15, 0.2) is 5.76 Å². The molecule has 9 nitrogen and oxygen atoms in total. The third-order valence-corrected chi connectivity index (χ3v) is 5.80. The average Bonchev–Trinajstić information content (AvgIpc) is 3.46. The molecule has 4 rings (SSSR count). The third-order valence-electron chi connectivity index (χ3n) is 5.03. The van der Waals surface area contributed by atoms with Gasteiger partial charge in [-0.05, 0) is 50.6 Å². The molecule has 0 aliphatic carbocycles. The van der Waals surface area contributed by atoms with Gasteiger partial charge in [-0.2, -0.15) is 5.10 Å². The normalized spacial score (nSPS) is 11.0. The number of carbonyl (C=O) groups excluding carboxylic acids is 1. The van der Waals surface area contributed by atoms with Gasteiger partial charge in [0.1, 0.15) is 22.8 Å². The van der Waals surface area contributed by atoms with E-state index in [4.69, 9.17) is 4.42 Å². The summed E-state index contributed by atoms with van der Waals surface area (Å²) in [6, 6.07) is 10.7. The van der Waals surface area contributed by atoms with Gasteiger partial charge in [-0.15, -0.1) is 11.3 Å². The fraction of sp³-hybridized carbons (Fsp3) is 0.227. The van der Waals surface area contributed by atoms with Crippen molar-refractivity contribution in [1.82, 2.24) is 20.1 Å². The van der Waals surface area contributed by atoms with Crippen LogP contribution < -0.4 is 5.32 Å². The molecule has 1 N–H and O–H groups in total. The number of furan rings is 1. The van der Waals surface area contributed by atoms with Crippen molar-refractivity contribution < 1.29 is 14.1 Å². The summed E-state index contributed by atoms with van der Waals surface area (Å²) in [7, 11) is 0. The smallest absolute Gasteiger partial charge is 0.312 e. The van der Waals surface area contributed by atoms with E-state index in [0.29, 0.717) is 35.0 Å². The Morgan fingerprint density at radius 2 is 1.94 bits per heavy atom. The van der Waals surface area contributed by atoms with Gasteiger partial charge in [-0.3, -0.25) is 19.6 Å². The number of nitro groups is 1. The highest BCUT2D eigenvalue weighted by Crippen LogP contribution is 2.24. The number of nitrogens with one attached hydrogen (secondary N) is 1. The van der Waals surface area contributed by atoms with Crippen LogP contribution in [0.5, 0.6) is 0 Å². The molecule has 3 heterocycles. The fourth-order valence-corrected chi connectivity index (χ4v) is 4.00. The fourth-order valence-electron chi connectivity index (χ4n) is 3.40. The van der Waals surface area contributed by atoms with Crippen LogP contribution in [0, 0.1) is 30.9 Å². The average molecular weight is 452 g/mol. The number of hydrogen-bond donors (Lipinski definition) is 1. The van der Waals surface area contributed by atoms with E-state index in [0.717, 1.165) is 16.3 Å². The zero-order valence-electron chi connectivity index (χ0n) is 17.8. The molecule has 0 saturated carbocycles. The number of carbonyl (C=O) groups is 1. The summed E-state index contributed by atoms with van der Waals surface area (Å²) in [4.78, 5) is 27.6. The topological polar surface area (TPSA) is 116 Å². The first kappa shape index (κ1) is 21.4. The second-order valence-corrected chi connectivity index (χ2v) is 8.39. The Bertz CT molecular complexity index is 1290. The Kier molecular flexibility index (Phi) is 5.87. The second-order valence-electron chi connectivity index (χ2n) is 7.33. The standard InChI is InChI=1S/C22H21N5O4S/c1-13-21(27(29)30)14(2)26(25-13)11-16-4-6-17(7-5-16)22(28)23-10-18-8-9-20(31-18)19-12-32-15(3)24-19/h4-9,12H,10-11H2,1-3H3,(H,23,28). The zero-order valence-corrected chi connectivity index (χ0v) is 18.6. The number of hydrogen-bond acceptors (Lipinski definition) is 7. The lowest BCUT2D eigenvalue weighted by molar-refractivity contribution is -0.386. The summed E-state index contributed by atoms with van der Waals surface area (Å²) >= 11 is 1.55. The number of benzene rings is 1. The first-order chi connectivity index (χ1) is 15.3. The van der Waals surface area contributed by atoms with Crippen molar-refractivity contribution in [1.29, 1.82) is 0 Å². The van der Waals surface area contributed by atoms with Crippen LogP contribution >= 0.6 is 11.3 Å². The molecular weight excluding hydrogens is 430 g/mol. The van der Waals surface area contributed by atoms with Crippen molar-refractivity contribution in [3.8, 4) is 11.5 Å². The summed E-state index contributed by atoms with van der Waals surface area (Å²) in [5.74, 6) is 1.09. The number of aryl methyl sites for hydroxylation is 2. The van der Waals surface area contributed by atoms with Crippen LogP contribution in [-0.2, 0) is 13.1 Å². The van der Waals surface area contributed by atoms with Crippen LogP contribution in [0.15, 0.2) is 46.2 Å². The van der Waals surface area contributed by atoms with Gasteiger partial charge < -0.3 is 9.73 Å². The monoisotopic (exact) mass is 451 g/mol. The van der Waals surface area contributed by atoms with E-state index in [1.165, 1.54) is 0 Å².